The summed E-state index contributed by atoms with van der Waals surface area (Å²) < 4.78 is 9.54. The van der Waals surface area contributed by atoms with E-state index < -0.39 is 0 Å². The lowest BCUT2D eigenvalue weighted by Gasteiger charge is -2.06. The van der Waals surface area contributed by atoms with Gasteiger partial charge in [0.15, 0.2) is 10.4 Å². The largest absolute Gasteiger partial charge is 0.466 e. The Hall–Kier alpha value is -1.63. The first kappa shape index (κ1) is 14.8. The number of nitrogens with zero attached hydrogens (tertiary/aromatic N) is 3. The predicted octanol–water partition coefficient (Wildman–Crippen LogP) is 2.57. The number of imidazole rings is 1. The molecule has 0 spiro atoms. The van der Waals surface area contributed by atoms with Crippen LogP contribution in [0.4, 0.5) is 0 Å². The van der Waals surface area contributed by atoms with Gasteiger partial charge < -0.3 is 14.3 Å². The van der Waals surface area contributed by atoms with Gasteiger partial charge in [-0.25, -0.2) is 4.68 Å². The molecular weight excluding hydrogens is 276 g/mol. The molecule has 0 atom stereocenters. The molecule has 0 aliphatic rings. The molecule has 0 aliphatic carbocycles. The van der Waals surface area contributed by atoms with Crippen molar-refractivity contribution in [3.05, 3.63) is 10.5 Å². The summed E-state index contributed by atoms with van der Waals surface area (Å²) in [6.45, 7) is 7.71. The fraction of sp³-hybridized carbons (Fsp3) is 0.615. The molecule has 2 heterocycles. The Morgan fingerprint density at radius 3 is 2.85 bits per heavy atom. The molecule has 0 saturated heterocycles. The lowest BCUT2D eigenvalue weighted by molar-refractivity contribution is -0.143. The second-order valence-electron chi connectivity index (χ2n) is 4.59. The van der Waals surface area contributed by atoms with Crippen molar-refractivity contribution in [3.63, 3.8) is 0 Å². The molecule has 0 aromatic carbocycles. The van der Waals surface area contributed by atoms with E-state index in [0.29, 0.717) is 30.8 Å². The van der Waals surface area contributed by atoms with Crippen LogP contribution in [0.3, 0.4) is 0 Å². The molecule has 0 radical (unpaired) electrons. The van der Waals surface area contributed by atoms with Crippen LogP contribution < -0.4 is 0 Å². The van der Waals surface area contributed by atoms with E-state index in [1.807, 2.05) is 30.0 Å². The van der Waals surface area contributed by atoms with Crippen LogP contribution in [-0.2, 0) is 22.6 Å². The highest BCUT2D eigenvalue weighted by Crippen LogP contribution is 2.18. The van der Waals surface area contributed by atoms with Gasteiger partial charge in [-0.1, -0.05) is 0 Å². The lowest BCUT2D eigenvalue weighted by atomic mass is 10.3. The number of carbonyl (C=O) groups is 1. The molecule has 6 nitrogen and oxygen atoms in total. The smallest absolute Gasteiger partial charge is 0.305 e. The van der Waals surface area contributed by atoms with Crippen molar-refractivity contribution < 1.29 is 9.53 Å². The van der Waals surface area contributed by atoms with Crippen LogP contribution in [0.1, 0.15) is 32.4 Å². The molecule has 20 heavy (non-hydrogen) atoms. The van der Waals surface area contributed by atoms with E-state index in [-0.39, 0.29) is 5.97 Å². The van der Waals surface area contributed by atoms with Crippen LogP contribution in [-0.4, -0.2) is 31.9 Å². The number of carbonyl (C=O) groups excluding carboxylic acids is 1. The van der Waals surface area contributed by atoms with Gasteiger partial charge in [0.2, 0.25) is 0 Å². The molecule has 0 unspecified atom stereocenters. The molecule has 0 saturated carbocycles. The van der Waals surface area contributed by atoms with E-state index in [2.05, 4.69) is 10.1 Å². The van der Waals surface area contributed by atoms with Gasteiger partial charge in [0.25, 0.3) is 0 Å². The molecule has 0 fully saturated rings. The van der Waals surface area contributed by atoms with Crippen LogP contribution in [0, 0.1) is 11.7 Å². The van der Waals surface area contributed by atoms with Crippen molar-refractivity contribution in [1.82, 2.24) is 19.3 Å². The Kier molecular flexibility index (Phi) is 4.59. The third kappa shape index (κ3) is 2.77. The number of ether oxygens (including phenoxy) is 1. The van der Waals surface area contributed by atoms with Gasteiger partial charge in [0, 0.05) is 19.5 Å². The zero-order valence-electron chi connectivity index (χ0n) is 12.1. The minimum absolute atomic E-state index is 0.161. The van der Waals surface area contributed by atoms with Crippen LogP contribution in [0.5, 0.6) is 0 Å². The monoisotopic (exact) mass is 296 g/mol. The van der Waals surface area contributed by atoms with Crippen LogP contribution in [0.25, 0.3) is 11.2 Å². The molecular formula is C13H20N4O2S. The van der Waals surface area contributed by atoms with Crippen LogP contribution in [0.15, 0.2) is 0 Å². The van der Waals surface area contributed by atoms with Crippen molar-refractivity contribution in [1.29, 1.82) is 0 Å². The number of hydrogen-bond acceptors (Lipinski definition) is 4. The number of aromatic amines is 1. The van der Waals surface area contributed by atoms with Crippen molar-refractivity contribution in [2.45, 2.75) is 46.7 Å². The second kappa shape index (κ2) is 6.21. The van der Waals surface area contributed by atoms with Crippen LogP contribution >= 0.6 is 12.2 Å². The van der Waals surface area contributed by atoms with Gasteiger partial charge >= 0.3 is 5.97 Å². The van der Waals surface area contributed by atoms with Gasteiger partial charge in [-0.15, -0.1) is 0 Å². The number of aromatic nitrogens is 4. The molecule has 2 aromatic heterocycles. The summed E-state index contributed by atoms with van der Waals surface area (Å²) in [5, 5.41) is 4.47. The SMILES string of the molecule is CCOC(=O)CCCn1c(=S)[nH]c2c(C)nn(CC)c21. The number of esters is 1. The van der Waals surface area contributed by atoms with Gasteiger partial charge in [0.05, 0.1) is 12.3 Å². The van der Waals surface area contributed by atoms with E-state index >= 15 is 0 Å². The summed E-state index contributed by atoms with van der Waals surface area (Å²) in [5.74, 6) is -0.161. The summed E-state index contributed by atoms with van der Waals surface area (Å²) in [7, 11) is 0. The molecule has 1 N–H and O–H groups in total. The van der Waals surface area contributed by atoms with Crippen molar-refractivity contribution in [2.75, 3.05) is 6.61 Å². The maximum atomic E-state index is 11.4. The number of aryl methyl sites for hydroxylation is 3. The van der Waals surface area contributed by atoms with Crippen LogP contribution in [0.2, 0.25) is 0 Å². The summed E-state index contributed by atoms with van der Waals surface area (Å²) in [6, 6.07) is 0. The number of nitrogens with one attached hydrogen (secondary N) is 1. The molecule has 0 amide bonds. The molecule has 0 bridgehead atoms. The third-order valence-corrected chi connectivity index (χ3v) is 3.52. The predicted molar refractivity (Wildman–Crippen MR) is 79.2 cm³/mol. The maximum absolute atomic E-state index is 11.4. The number of hydrogen-bond donors (Lipinski definition) is 1. The molecule has 2 rings (SSSR count). The maximum Gasteiger partial charge on any atom is 0.305 e. The van der Waals surface area contributed by atoms with E-state index in [4.69, 9.17) is 17.0 Å². The van der Waals surface area contributed by atoms with Crippen molar-refractivity contribution in [2.24, 2.45) is 0 Å². The lowest BCUT2D eigenvalue weighted by Crippen LogP contribution is -2.08. The molecule has 0 aliphatic heterocycles. The highest BCUT2D eigenvalue weighted by molar-refractivity contribution is 7.71. The Balaban J connectivity index is 2.19. The topological polar surface area (TPSA) is 64.8 Å². The average molecular weight is 296 g/mol. The van der Waals surface area contributed by atoms with Gasteiger partial charge in [-0.2, -0.15) is 5.10 Å². The minimum atomic E-state index is -0.161. The molecule has 7 heteroatoms. The summed E-state index contributed by atoms with van der Waals surface area (Å²) in [6.07, 6.45) is 1.11. The number of rotatable bonds is 6. The van der Waals surface area contributed by atoms with Gasteiger partial charge in [-0.05, 0) is 39.4 Å². The normalized spacial score (nSPS) is 11.2. The number of H-pyrrole nitrogens is 1. The fourth-order valence-electron chi connectivity index (χ4n) is 2.30. The first-order chi connectivity index (χ1) is 9.58. The van der Waals surface area contributed by atoms with Gasteiger partial charge in [0.1, 0.15) is 5.52 Å². The summed E-state index contributed by atoms with van der Waals surface area (Å²) >= 11 is 5.35. The fourth-order valence-corrected chi connectivity index (χ4v) is 2.58. The van der Waals surface area contributed by atoms with E-state index in [9.17, 15) is 4.79 Å². The Labute approximate surface area is 122 Å². The van der Waals surface area contributed by atoms with Crippen molar-refractivity contribution in [3.8, 4) is 0 Å². The molecule has 2 aromatic rings. The minimum Gasteiger partial charge on any atom is -0.466 e. The molecule has 110 valence electrons. The van der Waals surface area contributed by atoms with Gasteiger partial charge in [-0.3, -0.25) is 4.79 Å². The zero-order chi connectivity index (χ0) is 14.7. The highest BCUT2D eigenvalue weighted by Gasteiger charge is 2.14. The number of fused-ring (bicyclic) bond motifs is 1. The Morgan fingerprint density at radius 1 is 1.45 bits per heavy atom. The first-order valence-electron chi connectivity index (χ1n) is 6.90. The van der Waals surface area contributed by atoms with E-state index in [0.717, 1.165) is 23.4 Å². The summed E-state index contributed by atoms with van der Waals surface area (Å²) in [4.78, 5) is 14.6. The highest BCUT2D eigenvalue weighted by atomic mass is 32.1. The van der Waals surface area contributed by atoms with E-state index in [1.54, 1.807) is 0 Å². The Morgan fingerprint density at radius 2 is 2.20 bits per heavy atom. The van der Waals surface area contributed by atoms with Crippen molar-refractivity contribution >= 4 is 29.4 Å². The zero-order valence-corrected chi connectivity index (χ0v) is 12.9. The quantitative estimate of drug-likeness (QED) is 0.657. The summed E-state index contributed by atoms with van der Waals surface area (Å²) in [5.41, 5.74) is 2.92. The second-order valence-corrected chi connectivity index (χ2v) is 4.98. The standard InChI is InChI=1S/C13H20N4O2S/c1-4-17-12-11(9(3)15-17)14-13(20)16(12)8-6-7-10(18)19-5-2/h4-8H2,1-3H3,(H,14,20). The third-order valence-electron chi connectivity index (χ3n) is 3.20. The average Bonchev–Trinajstić information content (AvgIpc) is 2.89. The van der Waals surface area contributed by atoms with E-state index in [1.165, 1.54) is 0 Å². The first-order valence-corrected chi connectivity index (χ1v) is 7.30. The Bertz CT molecular complexity index is 668.